The highest BCUT2D eigenvalue weighted by Crippen LogP contribution is 2.31. The van der Waals surface area contributed by atoms with E-state index in [4.69, 9.17) is 9.47 Å². The molecule has 0 N–H and O–H groups in total. The summed E-state index contributed by atoms with van der Waals surface area (Å²) in [6.07, 6.45) is 3.45. The lowest BCUT2D eigenvalue weighted by Crippen LogP contribution is -2.37. The first kappa shape index (κ1) is 10.6. The molecule has 0 bridgehead atoms. The van der Waals surface area contributed by atoms with Crippen LogP contribution in [0.15, 0.2) is 37.5 Å². The number of carbonyl (C=O) groups is 1. The van der Waals surface area contributed by atoms with Crippen LogP contribution in [0.1, 0.15) is 6.42 Å². The number of cyclic esters (lactones) is 2. The summed E-state index contributed by atoms with van der Waals surface area (Å²) >= 11 is 0. The van der Waals surface area contributed by atoms with Crippen molar-refractivity contribution in [3.05, 3.63) is 37.5 Å². The number of ether oxygens (including phenoxy) is 2. The van der Waals surface area contributed by atoms with Crippen molar-refractivity contribution in [1.82, 2.24) is 0 Å². The second kappa shape index (κ2) is 4.13. The Labute approximate surface area is 83.7 Å². The lowest BCUT2D eigenvalue weighted by atomic mass is 9.83. The normalized spacial score (nSPS) is 19.0. The van der Waals surface area contributed by atoms with Gasteiger partial charge in [0.05, 0.1) is 5.41 Å². The first-order valence-corrected chi connectivity index (χ1v) is 4.35. The summed E-state index contributed by atoms with van der Waals surface area (Å²) in [5.74, 6) is 0. The van der Waals surface area contributed by atoms with Crippen molar-refractivity contribution in [2.45, 2.75) is 6.42 Å². The first-order chi connectivity index (χ1) is 6.62. The molecule has 0 aromatic rings. The number of carbonyl (C=O) groups excluding carboxylic acids is 1. The minimum atomic E-state index is -0.619. The lowest BCUT2D eigenvalue weighted by Gasteiger charge is -2.33. The summed E-state index contributed by atoms with van der Waals surface area (Å²) in [6.45, 7) is 11.8. The fourth-order valence-electron chi connectivity index (χ4n) is 1.31. The highest BCUT2D eigenvalue weighted by Gasteiger charge is 2.34. The van der Waals surface area contributed by atoms with Crippen LogP contribution < -0.4 is 0 Å². The largest absolute Gasteiger partial charge is 0.508 e. The van der Waals surface area contributed by atoms with E-state index < -0.39 is 6.16 Å². The smallest absolute Gasteiger partial charge is 0.433 e. The van der Waals surface area contributed by atoms with Crippen LogP contribution >= 0.6 is 0 Å². The fourth-order valence-corrected chi connectivity index (χ4v) is 1.31. The summed E-state index contributed by atoms with van der Waals surface area (Å²) in [5, 5.41) is 0. The zero-order valence-electron chi connectivity index (χ0n) is 8.12. The summed E-state index contributed by atoms with van der Waals surface area (Å²) in [6, 6.07) is 0. The number of rotatable bonds is 4. The lowest BCUT2D eigenvalue weighted by molar-refractivity contribution is -0.0393. The summed E-state index contributed by atoms with van der Waals surface area (Å²) in [5.41, 5.74) is 0.533. The Morgan fingerprint density at radius 3 is 2.43 bits per heavy atom. The molecule has 3 nitrogen and oxygen atoms in total. The van der Waals surface area contributed by atoms with Crippen molar-refractivity contribution in [1.29, 1.82) is 0 Å². The van der Waals surface area contributed by atoms with Gasteiger partial charge in [0.2, 0.25) is 0 Å². The third-order valence-electron chi connectivity index (χ3n) is 2.26. The van der Waals surface area contributed by atoms with E-state index in [1.54, 1.807) is 12.2 Å². The van der Waals surface area contributed by atoms with Crippen LogP contribution in [0.25, 0.3) is 0 Å². The molecular weight excluding hydrogens is 180 g/mol. The molecule has 3 heteroatoms. The van der Waals surface area contributed by atoms with Crippen LogP contribution in [0.3, 0.4) is 0 Å². The zero-order chi connectivity index (χ0) is 10.6. The molecule has 0 amide bonds. The monoisotopic (exact) mass is 194 g/mol. The average molecular weight is 194 g/mol. The highest BCUT2D eigenvalue weighted by molar-refractivity contribution is 5.60. The van der Waals surface area contributed by atoms with Crippen LogP contribution in [0.2, 0.25) is 0 Å². The second-order valence-electron chi connectivity index (χ2n) is 3.43. The molecule has 0 atom stereocenters. The maximum atomic E-state index is 10.7. The fraction of sp³-hybridized carbons (Fsp3) is 0.364. The van der Waals surface area contributed by atoms with Crippen LogP contribution in [0.4, 0.5) is 4.79 Å². The molecule has 0 aliphatic carbocycles. The van der Waals surface area contributed by atoms with Gasteiger partial charge in [0, 0.05) is 0 Å². The molecule has 76 valence electrons. The number of hydrogen-bond acceptors (Lipinski definition) is 3. The molecule has 0 aromatic heterocycles. The summed E-state index contributed by atoms with van der Waals surface area (Å²) in [4.78, 5) is 10.7. The van der Waals surface area contributed by atoms with E-state index in [2.05, 4.69) is 19.7 Å². The van der Waals surface area contributed by atoms with E-state index in [9.17, 15) is 4.79 Å². The van der Waals surface area contributed by atoms with Gasteiger partial charge in [0.25, 0.3) is 0 Å². The molecule has 1 heterocycles. The molecule has 0 radical (unpaired) electrons. The third kappa shape index (κ3) is 2.25. The van der Waals surface area contributed by atoms with Gasteiger partial charge in [0.15, 0.2) is 0 Å². The molecule has 1 aliphatic heterocycles. The quantitative estimate of drug-likeness (QED) is 0.392. The predicted molar refractivity (Wildman–Crippen MR) is 53.9 cm³/mol. The van der Waals surface area contributed by atoms with Crippen LogP contribution in [-0.2, 0) is 9.47 Å². The Balaban J connectivity index is 2.67. The summed E-state index contributed by atoms with van der Waals surface area (Å²) in [7, 11) is 0. The van der Waals surface area contributed by atoms with Gasteiger partial charge in [0.1, 0.15) is 13.2 Å². The van der Waals surface area contributed by atoms with Crippen molar-refractivity contribution in [3.8, 4) is 0 Å². The van der Waals surface area contributed by atoms with E-state index in [0.717, 1.165) is 5.57 Å². The van der Waals surface area contributed by atoms with E-state index in [1.807, 2.05) is 0 Å². The molecule has 0 spiro atoms. The van der Waals surface area contributed by atoms with Crippen LogP contribution in [0.5, 0.6) is 0 Å². The van der Waals surface area contributed by atoms with Crippen LogP contribution in [0, 0.1) is 5.41 Å². The van der Waals surface area contributed by atoms with E-state index in [0.29, 0.717) is 19.6 Å². The SMILES string of the molecule is C=CC(=C)CC1(C=C)COC(=O)OC1. The molecule has 1 fully saturated rings. The molecule has 0 unspecified atom stereocenters. The second-order valence-corrected chi connectivity index (χ2v) is 3.43. The van der Waals surface area contributed by atoms with Crippen molar-refractivity contribution >= 4 is 6.16 Å². The molecule has 14 heavy (non-hydrogen) atoms. The topological polar surface area (TPSA) is 35.5 Å². The standard InChI is InChI=1S/C11H14O3/c1-4-9(3)6-11(5-2)7-13-10(12)14-8-11/h4-5H,1-3,6-8H2. The molecule has 1 saturated heterocycles. The Bertz CT molecular complexity index is 268. The Morgan fingerprint density at radius 2 is 2.00 bits per heavy atom. The van der Waals surface area contributed by atoms with Gasteiger partial charge in [-0.3, -0.25) is 0 Å². The van der Waals surface area contributed by atoms with Crippen molar-refractivity contribution < 1.29 is 14.3 Å². The van der Waals surface area contributed by atoms with Crippen LogP contribution in [-0.4, -0.2) is 19.4 Å². The van der Waals surface area contributed by atoms with Crippen molar-refractivity contribution in [2.24, 2.45) is 5.41 Å². The number of allylic oxidation sites excluding steroid dienone is 2. The highest BCUT2D eigenvalue weighted by atomic mass is 16.7. The maximum Gasteiger partial charge on any atom is 0.508 e. The molecular formula is C11H14O3. The molecule has 0 aromatic carbocycles. The van der Waals surface area contributed by atoms with Crippen molar-refractivity contribution in [3.63, 3.8) is 0 Å². The van der Waals surface area contributed by atoms with E-state index in [-0.39, 0.29) is 5.41 Å². The van der Waals surface area contributed by atoms with Gasteiger partial charge >= 0.3 is 6.16 Å². The van der Waals surface area contributed by atoms with Gasteiger partial charge < -0.3 is 9.47 Å². The van der Waals surface area contributed by atoms with Crippen molar-refractivity contribution in [2.75, 3.05) is 13.2 Å². The van der Waals surface area contributed by atoms with Gasteiger partial charge in [-0.15, -0.1) is 6.58 Å². The number of hydrogen-bond donors (Lipinski definition) is 0. The Hall–Kier alpha value is -1.51. The third-order valence-corrected chi connectivity index (χ3v) is 2.26. The van der Waals surface area contributed by atoms with Gasteiger partial charge in [-0.2, -0.15) is 0 Å². The summed E-state index contributed by atoms with van der Waals surface area (Å²) < 4.78 is 9.64. The maximum absolute atomic E-state index is 10.7. The van der Waals surface area contributed by atoms with Gasteiger partial charge in [-0.25, -0.2) is 4.79 Å². The van der Waals surface area contributed by atoms with Gasteiger partial charge in [-0.05, 0) is 6.42 Å². The Kier molecular flexibility index (Phi) is 3.12. The van der Waals surface area contributed by atoms with E-state index >= 15 is 0 Å². The zero-order valence-corrected chi connectivity index (χ0v) is 8.12. The predicted octanol–water partition coefficient (Wildman–Crippen LogP) is 2.46. The molecule has 1 aliphatic rings. The molecule has 1 rings (SSSR count). The minimum absolute atomic E-state index is 0.294. The molecule has 0 saturated carbocycles. The van der Waals surface area contributed by atoms with Gasteiger partial charge in [-0.1, -0.05) is 30.9 Å². The first-order valence-electron chi connectivity index (χ1n) is 4.35. The van der Waals surface area contributed by atoms with E-state index in [1.165, 1.54) is 0 Å². The minimum Gasteiger partial charge on any atom is -0.433 e. The Morgan fingerprint density at radius 1 is 1.43 bits per heavy atom. The average Bonchev–Trinajstić information content (AvgIpc) is 2.22.